The van der Waals surface area contributed by atoms with Crippen LogP contribution in [0.4, 0.5) is 0 Å². The van der Waals surface area contributed by atoms with E-state index in [4.69, 9.17) is 0 Å². The molecule has 1 fully saturated rings. The van der Waals surface area contributed by atoms with Gasteiger partial charge in [0.25, 0.3) is 0 Å². The van der Waals surface area contributed by atoms with E-state index in [-0.39, 0.29) is 23.0 Å². The Bertz CT molecular complexity index is 320. The van der Waals surface area contributed by atoms with Gasteiger partial charge < -0.3 is 5.32 Å². The number of imide groups is 1. The molecule has 6 heteroatoms. The van der Waals surface area contributed by atoms with Gasteiger partial charge in [-0.15, -0.1) is 0 Å². The van der Waals surface area contributed by atoms with Crippen molar-refractivity contribution in [3.63, 3.8) is 0 Å². The summed E-state index contributed by atoms with van der Waals surface area (Å²) in [6, 6.07) is 0. The summed E-state index contributed by atoms with van der Waals surface area (Å²) < 4.78 is 0. The van der Waals surface area contributed by atoms with Crippen LogP contribution in [0.1, 0.15) is 25.7 Å². The predicted octanol–water partition coefficient (Wildman–Crippen LogP) is 0.393. The number of carbonyl (C=O) groups excluding carboxylic acids is 3. The third-order valence-corrected chi connectivity index (χ3v) is 3.74. The van der Waals surface area contributed by atoms with Crippen LogP contribution >= 0.6 is 11.8 Å². The number of amides is 3. The summed E-state index contributed by atoms with van der Waals surface area (Å²) in [6.07, 6.45) is 3.98. The molecule has 1 atom stereocenters. The third-order valence-electron chi connectivity index (χ3n) is 2.80. The average molecular weight is 258 g/mol. The number of unbranched alkanes of at least 4 members (excludes halogenated alkanes) is 1. The van der Waals surface area contributed by atoms with Gasteiger partial charge in [-0.1, -0.05) is 0 Å². The van der Waals surface area contributed by atoms with Crippen molar-refractivity contribution in [2.75, 3.05) is 19.8 Å². The van der Waals surface area contributed by atoms with Crippen LogP contribution < -0.4 is 5.32 Å². The topological polar surface area (TPSA) is 66.5 Å². The van der Waals surface area contributed by atoms with Gasteiger partial charge in [0.1, 0.15) is 0 Å². The van der Waals surface area contributed by atoms with Crippen LogP contribution in [0.2, 0.25) is 0 Å². The van der Waals surface area contributed by atoms with E-state index >= 15 is 0 Å². The Balaban J connectivity index is 2.30. The average Bonchev–Trinajstić information content (AvgIpc) is 2.60. The highest BCUT2D eigenvalue weighted by atomic mass is 32.2. The van der Waals surface area contributed by atoms with Crippen molar-refractivity contribution in [3.05, 3.63) is 0 Å². The molecule has 0 spiro atoms. The molecule has 0 saturated carbocycles. The summed E-state index contributed by atoms with van der Waals surface area (Å²) in [5.74, 6) is -0.178. The van der Waals surface area contributed by atoms with Gasteiger partial charge in [-0.05, 0) is 19.1 Å². The van der Waals surface area contributed by atoms with Crippen molar-refractivity contribution in [1.82, 2.24) is 10.2 Å². The zero-order valence-corrected chi connectivity index (χ0v) is 11.0. The molecule has 1 saturated heterocycles. The van der Waals surface area contributed by atoms with Gasteiger partial charge in [0.15, 0.2) is 0 Å². The summed E-state index contributed by atoms with van der Waals surface area (Å²) >= 11 is 1.42. The van der Waals surface area contributed by atoms with Crippen molar-refractivity contribution >= 4 is 29.5 Å². The van der Waals surface area contributed by atoms with Crippen LogP contribution in [-0.4, -0.2) is 47.7 Å². The lowest BCUT2D eigenvalue weighted by Crippen LogP contribution is -2.32. The molecule has 1 aliphatic heterocycles. The van der Waals surface area contributed by atoms with Crippen molar-refractivity contribution in [2.45, 2.75) is 30.9 Å². The first kappa shape index (κ1) is 14.0. The van der Waals surface area contributed by atoms with Crippen molar-refractivity contribution in [3.8, 4) is 0 Å². The monoisotopic (exact) mass is 258 g/mol. The minimum Gasteiger partial charge on any atom is -0.359 e. The molecule has 1 N–H and O–H groups in total. The fourth-order valence-electron chi connectivity index (χ4n) is 1.75. The molecule has 0 aromatic rings. The van der Waals surface area contributed by atoms with E-state index in [0.717, 1.165) is 0 Å². The quantitative estimate of drug-likeness (QED) is 0.553. The highest BCUT2D eigenvalue weighted by Crippen LogP contribution is 2.23. The Hall–Kier alpha value is -1.04. The molecule has 3 amide bonds. The van der Waals surface area contributed by atoms with Gasteiger partial charge in [0.05, 0.1) is 5.25 Å². The first-order valence-corrected chi connectivity index (χ1v) is 6.96. The van der Waals surface area contributed by atoms with Crippen molar-refractivity contribution in [2.24, 2.45) is 0 Å². The smallest absolute Gasteiger partial charge is 0.242 e. The second-order valence-corrected chi connectivity index (χ2v) is 4.98. The maximum atomic E-state index is 11.7. The fraction of sp³-hybridized carbons (Fsp3) is 0.727. The summed E-state index contributed by atoms with van der Waals surface area (Å²) in [5.41, 5.74) is 0. The maximum absolute atomic E-state index is 11.7. The van der Waals surface area contributed by atoms with Crippen molar-refractivity contribution in [1.29, 1.82) is 0 Å². The van der Waals surface area contributed by atoms with Gasteiger partial charge in [0, 0.05) is 26.4 Å². The zero-order chi connectivity index (χ0) is 12.8. The molecule has 0 bridgehead atoms. The van der Waals surface area contributed by atoms with Gasteiger partial charge in [-0.3, -0.25) is 19.3 Å². The van der Waals surface area contributed by atoms with E-state index < -0.39 is 0 Å². The van der Waals surface area contributed by atoms with Gasteiger partial charge in [0.2, 0.25) is 17.7 Å². The number of thioether (sulfide) groups is 1. The Morgan fingerprint density at radius 1 is 1.47 bits per heavy atom. The van der Waals surface area contributed by atoms with E-state index in [2.05, 4.69) is 5.32 Å². The number of rotatable bonds is 6. The maximum Gasteiger partial charge on any atom is 0.242 e. The Morgan fingerprint density at radius 2 is 2.18 bits per heavy atom. The van der Waals surface area contributed by atoms with Crippen LogP contribution in [0.5, 0.6) is 0 Å². The molecule has 0 aromatic heterocycles. The molecule has 0 aromatic carbocycles. The molecule has 5 nitrogen and oxygen atoms in total. The Kier molecular flexibility index (Phi) is 5.47. The van der Waals surface area contributed by atoms with Crippen LogP contribution in [0.15, 0.2) is 0 Å². The van der Waals surface area contributed by atoms with Crippen LogP contribution in [0, 0.1) is 0 Å². The van der Waals surface area contributed by atoms with Crippen LogP contribution in [0.25, 0.3) is 0 Å². The first-order chi connectivity index (χ1) is 8.10. The number of hydrogen-bond donors (Lipinski definition) is 1. The summed E-state index contributed by atoms with van der Waals surface area (Å²) in [5, 5.41) is 2.33. The summed E-state index contributed by atoms with van der Waals surface area (Å²) in [4.78, 5) is 35.6. The zero-order valence-electron chi connectivity index (χ0n) is 10.2. The van der Waals surface area contributed by atoms with Gasteiger partial charge >= 0.3 is 0 Å². The second kappa shape index (κ2) is 6.64. The Morgan fingerprint density at radius 3 is 2.71 bits per heavy atom. The van der Waals surface area contributed by atoms with E-state index in [9.17, 15) is 14.4 Å². The summed E-state index contributed by atoms with van der Waals surface area (Å²) in [7, 11) is 1.60. The van der Waals surface area contributed by atoms with E-state index in [0.29, 0.717) is 32.2 Å². The molecule has 1 unspecified atom stereocenters. The number of likely N-dealkylation sites (tertiary alicyclic amines) is 1. The van der Waals surface area contributed by atoms with E-state index in [1.807, 2.05) is 6.26 Å². The largest absolute Gasteiger partial charge is 0.359 e. The lowest BCUT2D eigenvalue weighted by atomic mass is 10.2. The molecule has 0 radical (unpaired) electrons. The predicted molar refractivity (Wildman–Crippen MR) is 66.6 cm³/mol. The number of nitrogens with one attached hydrogen (secondary N) is 1. The van der Waals surface area contributed by atoms with Crippen LogP contribution in [-0.2, 0) is 14.4 Å². The SMILES string of the molecule is CNC(=O)CCCCN1C(=O)CC(SC)C1=O. The Labute approximate surface area is 105 Å². The molecule has 96 valence electrons. The van der Waals surface area contributed by atoms with Crippen molar-refractivity contribution < 1.29 is 14.4 Å². The lowest BCUT2D eigenvalue weighted by molar-refractivity contribution is -0.138. The standard InChI is InChI=1S/C11H18N2O3S/c1-12-9(14)5-3-4-6-13-10(15)7-8(17-2)11(13)16/h8H,3-7H2,1-2H3,(H,12,14). The van der Waals surface area contributed by atoms with Gasteiger partial charge in [-0.2, -0.15) is 11.8 Å². The van der Waals surface area contributed by atoms with E-state index in [1.54, 1.807) is 7.05 Å². The number of carbonyl (C=O) groups is 3. The molecular weight excluding hydrogens is 240 g/mol. The summed E-state index contributed by atoms with van der Waals surface area (Å²) in [6.45, 7) is 0.436. The molecule has 1 aliphatic rings. The third kappa shape index (κ3) is 3.73. The molecule has 1 heterocycles. The molecule has 17 heavy (non-hydrogen) atoms. The molecule has 1 rings (SSSR count). The lowest BCUT2D eigenvalue weighted by Gasteiger charge is -2.13. The minimum absolute atomic E-state index is 0.00827. The molecule has 0 aliphatic carbocycles. The highest BCUT2D eigenvalue weighted by molar-refractivity contribution is 8.00. The highest BCUT2D eigenvalue weighted by Gasteiger charge is 2.37. The number of nitrogens with zero attached hydrogens (tertiary/aromatic N) is 1. The first-order valence-electron chi connectivity index (χ1n) is 5.67. The normalized spacial score (nSPS) is 19.9. The molecular formula is C11H18N2O3S. The number of hydrogen-bond acceptors (Lipinski definition) is 4. The minimum atomic E-state index is -0.207. The second-order valence-electron chi connectivity index (χ2n) is 3.94. The van der Waals surface area contributed by atoms with Crippen LogP contribution in [0.3, 0.4) is 0 Å². The van der Waals surface area contributed by atoms with Gasteiger partial charge in [-0.25, -0.2) is 0 Å². The van der Waals surface area contributed by atoms with E-state index in [1.165, 1.54) is 16.7 Å². The fourth-order valence-corrected chi connectivity index (χ4v) is 2.39.